The van der Waals surface area contributed by atoms with Gasteiger partial charge in [-0.15, -0.1) is 0 Å². The number of para-hydroxylation sites is 1. The van der Waals surface area contributed by atoms with Crippen LogP contribution in [0.3, 0.4) is 0 Å². The molecule has 0 aliphatic rings. The van der Waals surface area contributed by atoms with Crippen molar-refractivity contribution in [1.29, 1.82) is 0 Å². The average Bonchev–Trinajstić information content (AvgIpc) is 3.18. The van der Waals surface area contributed by atoms with Crippen LogP contribution in [0.2, 0.25) is 0 Å². The van der Waals surface area contributed by atoms with E-state index in [4.69, 9.17) is 0 Å². The van der Waals surface area contributed by atoms with Crippen molar-refractivity contribution in [2.75, 3.05) is 17.3 Å². The summed E-state index contributed by atoms with van der Waals surface area (Å²) >= 11 is 0. The third-order valence-corrected chi connectivity index (χ3v) is 4.01. The first-order valence-corrected chi connectivity index (χ1v) is 8.21. The first-order valence-electron chi connectivity index (χ1n) is 8.21. The number of nitrogens with one attached hydrogen (secondary N) is 1. The van der Waals surface area contributed by atoms with Crippen LogP contribution in [-0.2, 0) is 4.79 Å². The number of carbonyl (C=O) groups is 2. The Morgan fingerprint density at radius 1 is 1.18 bits per heavy atom. The molecule has 0 spiro atoms. The van der Waals surface area contributed by atoms with Gasteiger partial charge in [0.15, 0.2) is 0 Å². The van der Waals surface area contributed by atoms with Gasteiger partial charge in [-0.2, -0.15) is 5.10 Å². The van der Waals surface area contributed by atoms with E-state index in [0.29, 0.717) is 0 Å². The lowest BCUT2D eigenvalue weighted by Crippen LogP contribution is -2.25. The average molecular weight is 382 g/mol. The summed E-state index contributed by atoms with van der Waals surface area (Å²) < 4.78 is 29.1. The van der Waals surface area contributed by atoms with Crippen molar-refractivity contribution in [2.24, 2.45) is 0 Å². The summed E-state index contributed by atoms with van der Waals surface area (Å²) in [6.45, 7) is 3.36. The van der Waals surface area contributed by atoms with Crippen LogP contribution < -0.4 is 10.2 Å². The van der Waals surface area contributed by atoms with Crippen molar-refractivity contribution in [3.8, 4) is 5.69 Å². The zero-order valence-corrected chi connectivity index (χ0v) is 14.9. The predicted molar refractivity (Wildman–Crippen MR) is 101 cm³/mol. The lowest BCUT2D eigenvalue weighted by Gasteiger charge is -2.17. The molecule has 6 nitrogen and oxygen atoms in total. The van der Waals surface area contributed by atoms with Gasteiger partial charge in [-0.05, 0) is 36.4 Å². The lowest BCUT2D eigenvalue weighted by atomic mass is 10.2. The number of carbonyl (C=O) groups excluding carboxylic acids is 2. The molecular formula is C20H16F2N4O2. The van der Waals surface area contributed by atoms with Crippen LogP contribution in [0.1, 0.15) is 10.4 Å². The number of rotatable bonds is 5. The number of hydrogen-bond donors (Lipinski definition) is 1. The van der Waals surface area contributed by atoms with Crippen LogP contribution in [0.5, 0.6) is 0 Å². The topological polar surface area (TPSA) is 67.2 Å². The van der Waals surface area contributed by atoms with E-state index in [2.05, 4.69) is 17.0 Å². The van der Waals surface area contributed by atoms with Crippen LogP contribution in [0.15, 0.2) is 67.5 Å². The molecule has 1 N–H and O–H groups in total. The zero-order valence-electron chi connectivity index (χ0n) is 14.9. The Bertz CT molecular complexity index is 1060. The Hall–Kier alpha value is -3.81. The minimum Gasteiger partial charge on any atom is -0.322 e. The Kier molecular flexibility index (Phi) is 5.30. The number of nitrogens with zero attached hydrogens (tertiary/aromatic N) is 3. The van der Waals surface area contributed by atoms with E-state index in [9.17, 15) is 18.4 Å². The molecule has 142 valence electrons. The fourth-order valence-electron chi connectivity index (χ4n) is 2.52. The highest BCUT2D eigenvalue weighted by Crippen LogP contribution is 2.23. The number of likely N-dealkylation sites (N-methyl/N-ethyl adjacent to an activating group) is 1. The summed E-state index contributed by atoms with van der Waals surface area (Å²) in [5, 5.41) is 6.60. The summed E-state index contributed by atoms with van der Waals surface area (Å²) in [5.41, 5.74) is 0.660. The molecule has 2 amide bonds. The molecule has 0 atom stereocenters. The minimum absolute atomic E-state index is 0.00949. The number of hydrogen-bond acceptors (Lipinski definition) is 3. The van der Waals surface area contributed by atoms with Gasteiger partial charge in [0.25, 0.3) is 5.91 Å². The van der Waals surface area contributed by atoms with E-state index in [1.54, 1.807) is 12.1 Å². The van der Waals surface area contributed by atoms with Crippen LogP contribution in [0.4, 0.5) is 20.2 Å². The van der Waals surface area contributed by atoms with E-state index >= 15 is 0 Å². The second kappa shape index (κ2) is 7.83. The van der Waals surface area contributed by atoms with Gasteiger partial charge in [0.1, 0.15) is 17.3 Å². The molecule has 3 rings (SSSR count). The molecule has 0 aliphatic heterocycles. The molecule has 0 unspecified atom stereocenters. The van der Waals surface area contributed by atoms with Gasteiger partial charge in [0, 0.05) is 18.9 Å². The highest BCUT2D eigenvalue weighted by atomic mass is 19.1. The quantitative estimate of drug-likeness (QED) is 0.687. The first kappa shape index (κ1) is 19.0. The van der Waals surface area contributed by atoms with Gasteiger partial charge in [-0.25, -0.2) is 13.5 Å². The lowest BCUT2D eigenvalue weighted by molar-refractivity contribution is -0.113. The van der Waals surface area contributed by atoms with Crippen LogP contribution in [-0.4, -0.2) is 28.6 Å². The second-order valence-electron chi connectivity index (χ2n) is 5.85. The van der Waals surface area contributed by atoms with E-state index in [0.717, 1.165) is 17.0 Å². The van der Waals surface area contributed by atoms with Crippen molar-refractivity contribution in [3.63, 3.8) is 0 Å². The molecule has 1 heterocycles. The second-order valence-corrected chi connectivity index (χ2v) is 5.85. The Morgan fingerprint density at radius 2 is 1.93 bits per heavy atom. The van der Waals surface area contributed by atoms with Gasteiger partial charge >= 0.3 is 0 Å². The molecule has 28 heavy (non-hydrogen) atoms. The summed E-state index contributed by atoms with van der Waals surface area (Å²) in [7, 11) is 1.40. The largest absolute Gasteiger partial charge is 0.322 e. The van der Waals surface area contributed by atoms with Gasteiger partial charge in [-0.1, -0.05) is 18.7 Å². The van der Waals surface area contributed by atoms with Gasteiger partial charge in [0.05, 0.1) is 17.4 Å². The predicted octanol–water partition coefficient (Wildman–Crippen LogP) is 3.55. The van der Waals surface area contributed by atoms with E-state index in [1.807, 2.05) is 0 Å². The Morgan fingerprint density at radius 3 is 2.64 bits per heavy atom. The van der Waals surface area contributed by atoms with E-state index in [-0.39, 0.29) is 22.6 Å². The number of amides is 2. The standard InChI is InChI=1S/C20H16F2N4O2/c1-3-19(27)25(2)18-10-14(8-9-16(18)22)24-20(28)13-11-23-26(12-13)17-7-5-4-6-15(17)21/h3-12H,1H2,2H3,(H,24,28). The highest BCUT2D eigenvalue weighted by Gasteiger charge is 2.16. The highest BCUT2D eigenvalue weighted by molar-refractivity contribution is 6.05. The van der Waals surface area contributed by atoms with Crippen molar-refractivity contribution in [3.05, 3.63) is 84.7 Å². The van der Waals surface area contributed by atoms with Gasteiger partial charge in [-0.3, -0.25) is 9.59 Å². The fourth-order valence-corrected chi connectivity index (χ4v) is 2.52. The normalized spacial score (nSPS) is 10.4. The van der Waals surface area contributed by atoms with Crippen molar-refractivity contribution in [2.45, 2.75) is 0 Å². The smallest absolute Gasteiger partial charge is 0.258 e. The summed E-state index contributed by atoms with van der Waals surface area (Å²) in [6, 6.07) is 9.86. The van der Waals surface area contributed by atoms with Crippen molar-refractivity contribution >= 4 is 23.2 Å². The number of aromatic nitrogens is 2. The Labute approximate surface area is 159 Å². The number of anilines is 2. The molecule has 0 bridgehead atoms. The molecular weight excluding hydrogens is 366 g/mol. The summed E-state index contributed by atoms with van der Waals surface area (Å²) in [4.78, 5) is 25.2. The minimum atomic E-state index is -0.622. The zero-order chi connectivity index (χ0) is 20.3. The van der Waals surface area contributed by atoms with Crippen molar-refractivity contribution < 1.29 is 18.4 Å². The van der Waals surface area contributed by atoms with Crippen LogP contribution in [0.25, 0.3) is 5.69 Å². The maximum absolute atomic E-state index is 14.0. The monoisotopic (exact) mass is 382 g/mol. The molecule has 0 radical (unpaired) electrons. The maximum Gasteiger partial charge on any atom is 0.258 e. The summed E-state index contributed by atoms with van der Waals surface area (Å²) in [5.74, 6) is -2.11. The summed E-state index contributed by atoms with van der Waals surface area (Å²) in [6.07, 6.45) is 3.73. The van der Waals surface area contributed by atoms with Crippen molar-refractivity contribution in [1.82, 2.24) is 9.78 Å². The molecule has 1 aromatic heterocycles. The van der Waals surface area contributed by atoms with Gasteiger partial charge in [0.2, 0.25) is 5.91 Å². The SMILES string of the molecule is C=CC(=O)N(C)c1cc(NC(=O)c2cnn(-c3ccccc3F)c2)ccc1F. The van der Waals surface area contributed by atoms with E-state index in [1.165, 1.54) is 48.4 Å². The molecule has 8 heteroatoms. The van der Waals surface area contributed by atoms with Crippen LogP contribution in [0, 0.1) is 11.6 Å². The molecule has 0 saturated carbocycles. The Balaban J connectivity index is 1.81. The first-order chi connectivity index (χ1) is 13.4. The number of benzene rings is 2. The third kappa shape index (κ3) is 3.80. The van der Waals surface area contributed by atoms with E-state index < -0.39 is 23.4 Å². The number of halogens is 2. The molecule has 0 fully saturated rings. The molecule has 2 aromatic carbocycles. The van der Waals surface area contributed by atoms with Gasteiger partial charge < -0.3 is 10.2 Å². The fraction of sp³-hybridized carbons (Fsp3) is 0.0500. The molecule has 0 saturated heterocycles. The van der Waals surface area contributed by atoms with Crippen LogP contribution >= 0.6 is 0 Å². The third-order valence-electron chi connectivity index (χ3n) is 4.01. The molecule has 0 aliphatic carbocycles. The molecule has 3 aromatic rings. The maximum atomic E-state index is 14.0.